The van der Waals surface area contributed by atoms with Gasteiger partial charge in [0.25, 0.3) is 11.8 Å². The molecule has 4 heterocycles. The molecule has 9 nitrogen and oxygen atoms in total. The third-order valence-corrected chi connectivity index (χ3v) is 5.56. The first-order valence-electron chi connectivity index (χ1n) is 10.2. The zero-order valence-electron chi connectivity index (χ0n) is 17.3. The maximum atomic E-state index is 13.1. The molecule has 9 heteroatoms. The number of imidazole rings is 1. The molecule has 0 unspecified atom stereocenters. The first-order chi connectivity index (χ1) is 15.5. The second kappa shape index (κ2) is 7.67. The van der Waals surface area contributed by atoms with Crippen molar-refractivity contribution in [2.45, 2.75) is 6.42 Å². The minimum atomic E-state index is -0.510. The van der Waals surface area contributed by atoms with Crippen LogP contribution < -0.4 is 5.32 Å². The predicted molar refractivity (Wildman–Crippen MR) is 117 cm³/mol. The number of nitrogens with zero attached hydrogens (tertiary/aromatic N) is 6. The summed E-state index contributed by atoms with van der Waals surface area (Å²) >= 11 is 0. The van der Waals surface area contributed by atoms with Gasteiger partial charge in [-0.3, -0.25) is 14.3 Å². The molecule has 2 amide bonds. The molecular formula is C23H19N7O2. The van der Waals surface area contributed by atoms with Gasteiger partial charge in [-0.15, -0.1) is 0 Å². The van der Waals surface area contributed by atoms with E-state index < -0.39 is 5.91 Å². The van der Waals surface area contributed by atoms with Crippen LogP contribution in [0.3, 0.4) is 0 Å². The van der Waals surface area contributed by atoms with Gasteiger partial charge in [-0.2, -0.15) is 10.4 Å². The monoisotopic (exact) mass is 425 g/mol. The number of aromatic nitrogens is 4. The molecule has 4 aromatic rings. The lowest BCUT2D eigenvalue weighted by atomic mass is 10.1. The van der Waals surface area contributed by atoms with E-state index in [1.54, 1.807) is 28.6 Å². The molecule has 0 saturated carbocycles. The summed E-state index contributed by atoms with van der Waals surface area (Å²) in [6.45, 7) is 1.35. The number of carbonyl (C=O) groups is 2. The molecule has 1 aromatic carbocycles. The number of carbonyl (C=O) groups excluding carboxylic acids is 2. The highest BCUT2D eigenvalue weighted by molar-refractivity contribution is 6.11. The summed E-state index contributed by atoms with van der Waals surface area (Å²) in [6.07, 6.45) is 5.82. The van der Waals surface area contributed by atoms with Crippen LogP contribution in [0.2, 0.25) is 0 Å². The second-order valence-electron chi connectivity index (χ2n) is 7.60. The minimum Gasteiger partial charge on any atom is -0.338 e. The van der Waals surface area contributed by atoms with Gasteiger partial charge in [0.2, 0.25) is 0 Å². The van der Waals surface area contributed by atoms with Crippen LogP contribution in [-0.4, -0.2) is 49.0 Å². The fraction of sp³-hybridized carbons (Fsp3) is 0.174. The number of hydrogen-bond acceptors (Lipinski definition) is 5. The summed E-state index contributed by atoms with van der Waals surface area (Å²) in [5.41, 5.74) is 3.28. The fourth-order valence-corrected chi connectivity index (χ4v) is 3.71. The third kappa shape index (κ3) is 3.28. The first-order valence-corrected chi connectivity index (χ1v) is 10.2. The highest BCUT2D eigenvalue weighted by Gasteiger charge is 2.29. The summed E-state index contributed by atoms with van der Waals surface area (Å²) < 4.78 is 3.12. The molecule has 1 N–H and O–H groups in total. The lowest BCUT2D eigenvalue weighted by molar-refractivity contribution is 0.0648. The average Bonchev–Trinajstić information content (AvgIpc) is 3.35. The number of pyridine rings is 1. The molecule has 158 valence electrons. The summed E-state index contributed by atoms with van der Waals surface area (Å²) in [4.78, 5) is 32.1. The van der Waals surface area contributed by atoms with E-state index in [0.29, 0.717) is 24.4 Å². The number of aryl methyl sites for hydroxylation is 1. The molecule has 1 saturated heterocycles. The number of anilines is 1. The normalized spacial score (nSPS) is 12.9. The van der Waals surface area contributed by atoms with Gasteiger partial charge in [0, 0.05) is 44.2 Å². The van der Waals surface area contributed by atoms with Crippen LogP contribution in [-0.2, 0) is 7.05 Å². The Bertz CT molecular complexity index is 1390. The molecule has 1 fully saturated rings. The second-order valence-corrected chi connectivity index (χ2v) is 7.60. The molecule has 0 spiro atoms. The summed E-state index contributed by atoms with van der Waals surface area (Å²) in [5, 5.41) is 16.5. The first kappa shape index (κ1) is 19.5. The average molecular weight is 425 g/mol. The van der Waals surface area contributed by atoms with Crippen LogP contribution in [0.15, 0.2) is 55.0 Å². The van der Waals surface area contributed by atoms with Crippen molar-refractivity contribution in [3.63, 3.8) is 0 Å². The van der Waals surface area contributed by atoms with Gasteiger partial charge >= 0.3 is 0 Å². The third-order valence-electron chi connectivity index (χ3n) is 5.56. The van der Waals surface area contributed by atoms with E-state index >= 15 is 0 Å². The highest BCUT2D eigenvalue weighted by Crippen LogP contribution is 2.24. The molecule has 0 aliphatic carbocycles. The summed E-state index contributed by atoms with van der Waals surface area (Å²) in [5.74, 6) is -0.726. The number of benzene rings is 1. The van der Waals surface area contributed by atoms with Gasteiger partial charge in [0.05, 0.1) is 28.7 Å². The molecule has 0 atom stereocenters. The maximum absolute atomic E-state index is 13.1. The van der Waals surface area contributed by atoms with Crippen LogP contribution in [0.5, 0.6) is 0 Å². The molecule has 32 heavy (non-hydrogen) atoms. The van der Waals surface area contributed by atoms with Gasteiger partial charge in [-0.1, -0.05) is 30.3 Å². The van der Waals surface area contributed by atoms with Crippen molar-refractivity contribution in [1.29, 1.82) is 5.26 Å². The number of likely N-dealkylation sites (tertiary alicyclic amines) is 1. The lowest BCUT2D eigenvalue weighted by Crippen LogP contribution is -2.42. The van der Waals surface area contributed by atoms with Crippen LogP contribution in [0, 0.1) is 11.3 Å². The highest BCUT2D eigenvalue weighted by atomic mass is 16.2. The van der Waals surface area contributed by atoms with Crippen LogP contribution in [0.25, 0.3) is 16.9 Å². The standard InChI is InChI=1S/C23H19N7O2/c1-28-21(17(12-25-28)23(32)29-8-5-9-29)22(31)27-18-10-20-26-19(15-6-3-2-4-7-15)14-30(20)13-16(18)11-24/h2-4,6-7,10,12-14H,5,8-9H2,1H3,(H,27,31). The number of nitrogens with one attached hydrogen (secondary N) is 1. The van der Waals surface area contributed by atoms with E-state index in [1.807, 2.05) is 36.5 Å². The van der Waals surface area contributed by atoms with Gasteiger partial charge in [-0.05, 0) is 6.42 Å². The Kier molecular flexibility index (Phi) is 4.67. The Balaban J connectivity index is 1.49. The predicted octanol–water partition coefficient (Wildman–Crippen LogP) is 2.70. The summed E-state index contributed by atoms with van der Waals surface area (Å²) in [7, 11) is 1.61. The van der Waals surface area contributed by atoms with Crippen molar-refractivity contribution in [1.82, 2.24) is 24.1 Å². The fourth-order valence-electron chi connectivity index (χ4n) is 3.71. The SMILES string of the molecule is Cn1ncc(C(=O)N2CCC2)c1C(=O)Nc1cc2nc(-c3ccccc3)cn2cc1C#N. The molecular weight excluding hydrogens is 406 g/mol. The quantitative estimate of drug-likeness (QED) is 0.541. The smallest absolute Gasteiger partial charge is 0.274 e. The molecule has 1 aliphatic rings. The molecule has 1 aliphatic heterocycles. The van der Waals surface area contributed by atoms with Crippen molar-refractivity contribution in [3.8, 4) is 17.3 Å². The lowest BCUT2D eigenvalue weighted by Gasteiger charge is -2.30. The van der Waals surface area contributed by atoms with Crippen LogP contribution >= 0.6 is 0 Å². The Hall–Kier alpha value is -4.45. The Labute approximate surface area is 183 Å². The van der Waals surface area contributed by atoms with Crippen molar-refractivity contribution >= 4 is 23.1 Å². The molecule has 3 aromatic heterocycles. The van der Waals surface area contributed by atoms with E-state index in [1.165, 1.54) is 10.9 Å². The van der Waals surface area contributed by atoms with Crippen LogP contribution in [0.4, 0.5) is 5.69 Å². The number of hydrogen-bond donors (Lipinski definition) is 1. The van der Waals surface area contributed by atoms with E-state index in [0.717, 1.165) is 17.7 Å². The number of fused-ring (bicyclic) bond motifs is 1. The zero-order chi connectivity index (χ0) is 22.2. The van der Waals surface area contributed by atoms with E-state index in [9.17, 15) is 14.9 Å². The molecule has 0 bridgehead atoms. The Morgan fingerprint density at radius 2 is 1.94 bits per heavy atom. The van der Waals surface area contributed by atoms with Crippen LogP contribution in [0.1, 0.15) is 32.8 Å². The van der Waals surface area contributed by atoms with Crippen molar-refractivity contribution < 1.29 is 9.59 Å². The number of rotatable bonds is 4. The summed E-state index contributed by atoms with van der Waals surface area (Å²) in [6, 6.07) is 13.5. The minimum absolute atomic E-state index is 0.152. The van der Waals surface area contributed by atoms with Gasteiger partial charge in [-0.25, -0.2) is 4.98 Å². The van der Waals surface area contributed by atoms with E-state index in [2.05, 4.69) is 21.5 Å². The zero-order valence-corrected chi connectivity index (χ0v) is 17.3. The maximum Gasteiger partial charge on any atom is 0.274 e. The van der Waals surface area contributed by atoms with Crippen molar-refractivity contribution in [2.75, 3.05) is 18.4 Å². The van der Waals surface area contributed by atoms with E-state index in [4.69, 9.17) is 0 Å². The van der Waals surface area contributed by atoms with Crippen molar-refractivity contribution in [3.05, 3.63) is 71.8 Å². The Morgan fingerprint density at radius 1 is 1.16 bits per heavy atom. The topological polar surface area (TPSA) is 108 Å². The number of amides is 2. The van der Waals surface area contributed by atoms with E-state index in [-0.39, 0.29) is 22.7 Å². The molecule has 0 radical (unpaired) electrons. The Morgan fingerprint density at radius 3 is 2.62 bits per heavy atom. The van der Waals surface area contributed by atoms with Gasteiger partial charge < -0.3 is 14.6 Å². The number of nitriles is 1. The van der Waals surface area contributed by atoms with Gasteiger partial charge in [0.1, 0.15) is 17.4 Å². The largest absolute Gasteiger partial charge is 0.338 e. The van der Waals surface area contributed by atoms with Crippen molar-refractivity contribution in [2.24, 2.45) is 7.05 Å². The molecule has 5 rings (SSSR count). The van der Waals surface area contributed by atoms with Gasteiger partial charge in [0.15, 0.2) is 0 Å².